The molecule has 0 saturated heterocycles. The number of tetrazole rings is 1. The van der Waals surface area contributed by atoms with Crippen molar-refractivity contribution in [2.24, 2.45) is 0 Å². The minimum atomic E-state index is -3.55. The second-order valence-electron chi connectivity index (χ2n) is 3.16. The molecule has 0 radical (unpaired) electrons. The zero-order valence-electron chi connectivity index (χ0n) is 8.38. The molecule has 2 rings (SSSR count). The van der Waals surface area contributed by atoms with Gasteiger partial charge in [0.1, 0.15) is 0 Å². The van der Waals surface area contributed by atoms with E-state index >= 15 is 0 Å². The van der Waals surface area contributed by atoms with Crippen LogP contribution < -0.4 is 4.72 Å². The van der Waals surface area contributed by atoms with Crippen molar-refractivity contribution >= 4 is 10.0 Å². The van der Waals surface area contributed by atoms with Crippen LogP contribution in [0, 0.1) is 0 Å². The van der Waals surface area contributed by atoms with Crippen molar-refractivity contribution in [3.8, 4) is 0 Å². The lowest BCUT2D eigenvalue weighted by Crippen LogP contribution is -2.27. The molecule has 9 heteroatoms. The van der Waals surface area contributed by atoms with Gasteiger partial charge in [-0.15, -0.1) is 10.2 Å². The second kappa shape index (κ2) is 4.02. The van der Waals surface area contributed by atoms with E-state index in [0.29, 0.717) is 5.82 Å². The lowest BCUT2D eigenvalue weighted by molar-refractivity contribution is 0.560. The van der Waals surface area contributed by atoms with Gasteiger partial charge in [0.15, 0.2) is 5.82 Å². The van der Waals surface area contributed by atoms with Gasteiger partial charge in [0.2, 0.25) is 10.0 Å². The van der Waals surface area contributed by atoms with Crippen LogP contribution in [0.4, 0.5) is 0 Å². The minimum Gasteiger partial charge on any atom is -0.366 e. The Morgan fingerprint density at radius 3 is 2.88 bits per heavy atom. The van der Waals surface area contributed by atoms with Gasteiger partial charge < -0.3 is 4.98 Å². The number of nitrogens with zero attached hydrogens (tertiary/aromatic N) is 3. The van der Waals surface area contributed by atoms with E-state index < -0.39 is 16.1 Å². The van der Waals surface area contributed by atoms with Crippen molar-refractivity contribution < 1.29 is 8.42 Å². The summed E-state index contributed by atoms with van der Waals surface area (Å²) in [5.74, 6) is 0.291. The molecule has 0 aliphatic rings. The molecule has 2 aromatic rings. The summed E-state index contributed by atoms with van der Waals surface area (Å²) in [5, 5.41) is 13.0. The molecule has 0 aliphatic heterocycles. The van der Waals surface area contributed by atoms with Gasteiger partial charge >= 0.3 is 0 Å². The fraction of sp³-hybridized carbons (Fsp3) is 0.286. The van der Waals surface area contributed by atoms with E-state index in [4.69, 9.17) is 0 Å². The van der Waals surface area contributed by atoms with Crippen LogP contribution in [0.25, 0.3) is 0 Å². The number of hydrogen-bond donors (Lipinski definition) is 3. The second-order valence-corrected chi connectivity index (χ2v) is 4.87. The molecular weight excluding hydrogens is 232 g/mol. The van der Waals surface area contributed by atoms with E-state index in [-0.39, 0.29) is 4.90 Å². The fourth-order valence-electron chi connectivity index (χ4n) is 1.18. The van der Waals surface area contributed by atoms with E-state index in [1.807, 2.05) is 0 Å². The van der Waals surface area contributed by atoms with Crippen molar-refractivity contribution in [3.63, 3.8) is 0 Å². The molecule has 0 aliphatic carbocycles. The number of aromatic amines is 2. The summed E-state index contributed by atoms with van der Waals surface area (Å²) < 4.78 is 26.0. The largest absolute Gasteiger partial charge is 0.366 e. The summed E-state index contributed by atoms with van der Waals surface area (Å²) in [6.45, 7) is 1.63. The average Bonchev–Trinajstić information content (AvgIpc) is 2.91. The van der Waals surface area contributed by atoms with E-state index in [1.54, 1.807) is 6.92 Å². The topological polar surface area (TPSA) is 116 Å². The standard InChI is InChI=1S/C7H10N6O2S/c1-5(7-9-12-13-10-7)11-16(14,15)6-2-3-8-4-6/h2-5,8,11H,1H3,(H,9,10,12,13). The van der Waals surface area contributed by atoms with Crippen LogP contribution in [0.5, 0.6) is 0 Å². The maximum Gasteiger partial charge on any atom is 0.242 e. The number of nitrogens with one attached hydrogen (secondary N) is 3. The zero-order chi connectivity index (χ0) is 11.6. The molecule has 86 valence electrons. The van der Waals surface area contributed by atoms with Crippen LogP contribution in [-0.2, 0) is 10.0 Å². The third-order valence-electron chi connectivity index (χ3n) is 1.96. The van der Waals surface area contributed by atoms with Gasteiger partial charge in [-0.25, -0.2) is 13.1 Å². The van der Waals surface area contributed by atoms with Crippen LogP contribution in [0.3, 0.4) is 0 Å². The van der Waals surface area contributed by atoms with E-state index in [1.165, 1.54) is 18.5 Å². The third kappa shape index (κ3) is 2.09. The molecule has 0 amide bonds. The first-order chi connectivity index (χ1) is 7.59. The molecule has 16 heavy (non-hydrogen) atoms. The van der Waals surface area contributed by atoms with Crippen molar-refractivity contribution in [1.82, 2.24) is 30.3 Å². The first-order valence-corrected chi connectivity index (χ1v) is 5.96. The highest BCUT2D eigenvalue weighted by Crippen LogP contribution is 2.12. The van der Waals surface area contributed by atoms with Gasteiger partial charge in [0, 0.05) is 12.4 Å². The highest BCUT2D eigenvalue weighted by atomic mass is 32.2. The number of rotatable bonds is 4. The molecule has 0 aromatic carbocycles. The minimum absolute atomic E-state index is 0.169. The van der Waals surface area contributed by atoms with Gasteiger partial charge in [0.05, 0.1) is 10.9 Å². The molecule has 0 fully saturated rings. The molecule has 2 heterocycles. The summed E-state index contributed by atoms with van der Waals surface area (Å²) in [5.41, 5.74) is 0. The Labute approximate surface area is 91.5 Å². The molecule has 2 aromatic heterocycles. The highest BCUT2D eigenvalue weighted by molar-refractivity contribution is 7.89. The lowest BCUT2D eigenvalue weighted by atomic mass is 10.4. The van der Waals surface area contributed by atoms with Crippen LogP contribution in [-0.4, -0.2) is 34.0 Å². The van der Waals surface area contributed by atoms with E-state index in [9.17, 15) is 8.42 Å². The van der Waals surface area contributed by atoms with Crippen LogP contribution in [0.15, 0.2) is 23.4 Å². The first kappa shape index (κ1) is 10.8. The maximum atomic E-state index is 11.8. The summed E-state index contributed by atoms with van der Waals surface area (Å²) in [7, 11) is -3.55. The van der Waals surface area contributed by atoms with Gasteiger partial charge in [-0.1, -0.05) is 5.21 Å². The maximum absolute atomic E-state index is 11.8. The lowest BCUT2D eigenvalue weighted by Gasteiger charge is -2.08. The average molecular weight is 242 g/mol. The third-order valence-corrected chi connectivity index (χ3v) is 3.50. The van der Waals surface area contributed by atoms with Crippen molar-refractivity contribution in [1.29, 1.82) is 0 Å². The van der Waals surface area contributed by atoms with Crippen molar-refractivity contribution in [2.45, 2.75) is 17.9 Å². The number of sulfonamides is 1. The summed E-state index contributed by atoms with van der Waals surface area (Å²) in [6.07, 6.45) is 2.93. The normalized spacial score (nSPS) is 13.8. The van der Waals surface area contributed by atoms with Crippen LogP contribution in [0.1, 0.15) is 18.8 Å². The van der Waals surface area contributed by atoms with Gasteiger partial charge in [-0.2, -0.15) is 5.21 Å². The van der Waals surface area contributed by atoms with Crippen LogP contribution >= 0.6 is 0 Å². The number of hydrogen-bond acceptors (Lipinski definition) is 5. The number of aromatic nitrogens is 5. The smallest absolute Gasteiger partial charge is 0.242 e. The monoisotopic (exact) mass is 242 g/mol. The molecule has 3 N–H and O–H groups in total. The van der Waals surface area contributed by atoms with Crippen molar-refractivity contribution in [3.05, 3.63) is 24.3 Å². The quantitative estimate of drug-likeness (QED) is 0.672. The molecule has 0 saturated carbocycles. The predicted molar refractivity (Wildman–Crippen MR) is 53.7 cm³/mol. The molecule has 8 nitrogen and oxygen atoms in total. The predicted octanol–water partition coefficient (Wildman–Crippen LogP) is -0.433. The molecule has 1 unspecified atom stereocenters. The Balaban J connectivity index is 2.16. The Morgan fingerprint density at radius 2 is 2.31 bits per heavy atom. The first-order valence-electron chi connectivity index (χ1n) is 4.48. The zero-order valence-corrected chi connectivity index (χ0v) is 9.19. The van der Waals surface area contributed by atoms with Gasteiger partial charge in [-0.05, 0) is 13.0 Å². The summed E-state index contributed by atoms with van der Waals surface area (Å²) in [4.78, 5) is 2.84. The van der Waals surface area contributed by atoms with Gasteiger partial charge in [0.25, 0.3) is 0 Å². The molecule has 0 bridgehead atoms. The highest BCUT2D eigenvalue weighted by Gasteiger charge is 2.20. The Hall–Kier alpha value is -1.74. The number of H-pyrrole nitrogens is 2. The summed E-state index contributed by atoms with van der Waals surface area (Å²) >= 11 is 0. The van der Waals surface area contributed by atoms with E-state index in [2.05, 4.69) is 30.3 Å². The molecule has 1 atom stereocenters. The van der Waals surface area contributed by atoms with Crippen LogP contribution in [0.2, 0.25) is 0 Å². The fourth-order valence-corrected chi connectivity index (χ4v) is 2.36. The Kier molecular flexibility index (Phi) is 2.71. The van der Waals surface area contributed by atoms with Crippen molar-refractivity contribution in [2.75, 3.05) is 0 Å². The Bertz CT molecular complexity index is 531. The van der Waals surface area contributed by atoms with Gasteiger partial charge in [-0.3, -0.25) is 0 Å². The SMILES string of the molecule is CC(NS(=O)(=O)c1cc[nH]c1)c1nn[nH]n1. The molecular formula is C7H10N6O2S. The Morgan fingerprint density at radius 1 is 1.50 bits per heavy atom. The summed E-state index contributed by atoms with van der Waals surface area (Å²) in [6, 6.07) is 0.921. The van der Waals surface area contributed by atoms with E-state index in [0.717, 1.165) is 0 Å². The molecule has 0 spiro atoms.